The Morgan fingerprint density at radius 3 is 1.64 bits per heavy atom. The van der Waals surface area contributed by atoms with Gasteiger partial charge in [-0.05, 0) is 320 Å². The highest BCUT2D eigenvalue weighted by Gasteiger charge is 2.56. The largest absolute Gasteiger partial charge is 0.494 e. The lowest BCUT2D eigenvalue weighted by Gasteiger charge is -2.23. The number of pyridine rings is 3. The van der Waals surface area contributed by atoms with Crippen LogP contribution in [0.2, 0.25) is 0 Å². The van der Waals surface area contributed by atoms with Gasteiger partial charge in [0.05, 0.1) is 112 Å². The Hall–Kier alpha value is -9.88. The first-order chi connectivity index (χ1) is 67.7. The molecule has 2 aliphatic rings. The highest BCUT2D eigenvalue weighted by molar-refractivity contribution is 14.1. The number of sulfonamides is 1. The molecule has 143 heavy (non-hydrogen) atoms. The van der Waals surface area contributed by atoms with Crippen LogP contribution in [0.3, 0.4) is 0 Å². The van der Waals surface area contributed by atoms with E-state index >= 15 is 0 Å². The average molecular weight is 2640 g/mol. The summed E-state index contributed by atoms with van der Waals surface area (Å²) in [6.07, 6.45) is 1.65. The van der Waals surface area contributed by atoms with Crippen LogP contribution in [0.25, 0.3) is 16.6 Å². The lowest BCUT2D eigenvalue weighted by molar-refractivity contribution is -0.116. The first kappa shape index (κ1) is 115. The minimum atomic E-state index is -4.19. The number of aryl methyl sites for hydroxylation is 2. The van der Waals surface area contributed by atoms with Gasteiger partial charge in [0.25, 0.3) is 28.5 Å². The molecule has 0 radical (unpaired) electrons. The van der Waals surface area contributed by atoms with E-state index in [1.165, 1.54) is 119 Å². The third kappa shape index (κ3) is 29.6. The van der Waals surface area contributed by atoms with E-state index in [4.69, 9.17) is 34.8 Å². The standard InChI is InChI=1S/C27H24FIN4O4.C20H21F3INO5S.C17H17FINO3.C16H13BrF3IN2O4.C16H17FIN3O4/c1-14(34)11-16-5-4-6-19(12-16)32-23-15(2)25(35)31(3)24(30-21-10-7-17(29)13-20(21)28)22(23)26(36)33(27(32)37)18-8-9-18;1-30-17-8-16(22)18(23)14(6-11-2-3-12(24)7-15(11)21)19(17)25-31(28,29)20(4-5-20)9-13(27)10-26;18-16-8-13(19)2-1-11(16)7-12-9-20-6-5-15(12)17(23)4-3-14(22)10-21;17-10-4-9(16(26)23-27-6-8(25)5-24)15(14(20)13(10)19)22-12-2-1-7(21)3-11(12)18;1-9-7-11(15(23)20-25-6-5-22)14(21(2)16(9)24)19-13-4-3-10(18)8-12(13)17/h4-7,10,12-13,18,30H,8-9,11H2,1-3H3;2-3,7-8,13,25-27H,4-6,9-10H2,1H3;1-2,5-6,8-9,14,21-22H,3-4,7,10H2;1-4,8,22,24-25H,5-6H2,(H,23,26);3-4,7-8,19,22H,5-6H2,1-2H3,(H,20,23)/t;13-;14-;8-;/m.001./s1. The summed E-state index contributed by atoms with van der Waals surface area (Å²) in [6.45, 7) is 2.28. The Morgan fingerprint density at radius 2 is 1.10 bits per heavy atom. The van der Waals surface area contributed by atoms with Crippen molar-refractivity contribution >= 4 is 213 Å². The van der Waals surface area contributed by atoms with Crippen molar-refractivity contribution in [2.45, 2.75) is 114 Å². The van der Waals surface area contributed by atoms with E-state index in [1.54, 1.807) is 74.6 Å². The zero-order valence-corrected chi connectivity index (χ0v) is 89.5. The van der Waals surface area contributed by atoms with Crippen molar-refractivity contribution in [2.24, 2.45) is 14.1 Å². The number of anilines is 7. The van der Waals surface area contributed by atoms with Crippen molar-refractivity contribution in [3.8, 4) is 11.4 Å². The highest BCUT2D eigenvalue weighted by Crippen LogP contribution is 2.50. The van der Waals surface area contributed by atoms with Crippen molar-refractivity contribution in [1.29, 1.82) is 0 Å². The maximum absolute atomic E-state index is 14.8. The number of nitrogens with one attached hydrogen (secondary N) is 6. The zero-order valence-electron chi connectivity index (χ0n) is 76.3. The van der Waals surface area contributed by atoms with Crippen LogP contribution in [0.1, 0.15) is 128 Å². The van der Waals surface area contributed by atoms with E-state index in [9.17, 15) is 102 Å². The molecule has 0 spiro atoms. The molecule has 2 saturated carbocycles. The summed E-state index contributed by atoms with van der Waals surface area (Å²) in [4.78, 5) is 115. The minimum Gasteiger partial charge on any atom is -0.494 e. The van der Waals surface area contributed by atoms with E-state index in [1.807, 2.05) is 125 Å². The van der Waals surface area contributed by atoms with Gasteiger partial charge in [-0.15, -0.1) is 0 Å². The van der Waals surface area contributed by atoms with Crippen LogP contribution in [-0.2, 0) is 57.9 Å². The first-order valence-corrected chi connectivity index (χ1v) is 50.7. The number of aromatic nitrogens is 5. The van der Waals surface area contributed by atoms with Crippen molar-refractivity contribution in [3.05, 3.63) is 324 Å². The molecule has 47 heteroatoms. The highest BCUT2D eigenvalue weighted by atomic mass is 127. The summed E-state index contributed by atoms with van der Waals surface area (Å²) in [5.41, 5.74) is 4.25. The van der Waals surface area contributed by atoms with Crippen molar-refractivity contribution in [2.75, 3.05) is 67.4 Å². The van der Waals surface area contributed by atoms with E-state index < -0.39 is 146 Å². The molecule has 2 aliphatic carbocycles. The van der Waals surface area contributed by atoms with Crippen LogP contribution in [0, 0.1) is 84.1 Å². The predicted octanol–water partition coefficient (Wildman–Crippen LogP) is 15.2. The van der Waals surface area contributed by atoms with Crippen LogP contribution < -0.4 is 58.7 Å². The number of fused-ring (bicyclic) bond motifs is 1. The van der Waals surface area contributed by atoms with E-state index in [2.05, 4.69) is 47.1 Å². The molecule has 31 nitrogen and oxygen atoms in total. The Morgan fingerprint density at radius 1 is 0.573 bits per heavy atom. The maximum Gasteiger partial charge on any atom is 0.336 e. The molecule has 2 amide bonds. The topological polar surface area (TPSA) is 445 Å². The number of halogens is 15. The van der Waals surface area contributed by atoms with Crippen LogP contribution in [0.15, 0.2) is 176 Å². The second-order valence-electron chi connectivity index (χ2n) is 32.5. The molecule has 0 unspecified atom stereocenters. The number of rotatable bonds is 35. The number of Topliss-reactive ketones (excluding diaryl/α,β-unsaturated/α-hetero) is 2. The molecule has 8 aromatic carbocycles. The molecule has 12 aromatic rings. The SMILES string of the molecule is CC(=O)Cc1cccc(-n2c(=O)n(C3CC3)c(=O)c3c(Nc4ccc(I)cc4F)n(C)c(=O)c(C)c32)c1.COc1cc(F)c(F)c(Cc2ccc(I)cc2F)c1NS(=O)(=O)C1(C[C@H](O)CO)CC1.Cc1cc(C(=O)NOCCO)c(Nc2ccc(I)cc2F)n(C)c1=O.O=C(CC[C@H](O)CO)c1ccncc1Cc1ccc(I)cc1F.O=C(NOC[C@H](O)CO)c1cc(Br)c(F)c(F)c1Nc1ccc(I)cc1F. The summed E-state index contributed by atoms with van der Waals surface area (Å²) in [6, 6.07) is 33.7. The molecule has 0 aliphatic heterocycles. The number of aliphatic hydroxyl groups excluding tert-OH is 7. The third-order valence-electron chi connectivity index (χ3n) is 22.0. The molecule has 13 N–H and O–H groups in total. The number of hydrogen-bond donors (Lipinski definition) is 13. The molecule has 2 fully saturated rings. The third-order valence-corrected chi connectivity index (χ3v) is 28.1. The number of carbonyl (C=O) groups excluding carboxylic acids is 4. The van der Waals surface area contributed by atoms with Gasteiger partial charge < -0.3 is 56.4 Å². The van der Waals surface area contributed by atoms with Crippen LogP contribution in [0.5, 0.6) is 5.75 Å². The van der Waals surface area contributed by atoms with Crippen molar-refractivity contribution < 1.29 is 117 Å². The number of amides is 2. The number of ketones is 2. The normalized spacial score (nSPS) is 13.0. The van der Waals surface area contributed by atoms with Crippen LogP contribution in [-0.4, -0.2) is 161 Å². The lowest BCUT2D eigenvalue weighted by atomic mass is 9.96. The number of hydrogen-bond acceptors (Lipinski definition) is 24. The van der Waals surface area contributed by atoms with Gasteiger partial charge >= 0.3 is 5.69 Å². The van der Waals surface area contributed by atoms with Crippen molar-refractivity contribution in [3.63, 3.8) is 0 Å². The van der Waals surface area contributed by atoms with E-state index in [0.29, 0.717) is 66.7 Å². The second-order valence-corrected chi connectivity index (χ2v) is 41.7. The monoisotopic (exact) mass is 2640 g/mol. The lowest BCUT2D eigenvalue weighted by Crippen LogP contribution is -2.41. The van der Waals surface area contributed by atoms with Gasteiger partial charge in [-0.25, -0.2) is 63.7 Å². The summed E-state index contributed by atoms with van der Waals surface area (Å²) in [7, 11) is -0.0319. The molecule has 0 saturated heterocycles. The first-order valence-electron chi connectivity index (χ1n) is 43.0. The Balaban J connectivity index is 0.000000186. The Labute approximate surface area is 887 Å². The van der Waals surface area contributed by atoms with Gasteiger partial charge in [-0.3, -0.25) is 71.2 Å². The minimum absolute atomic E-state index is 0.0339. The molecule has 3 atom stereocenters. The fraction of sp³-hybridized carbons (Fsp3) is 0.281. The second kappa shape index (κ2) is 51.9. The van der Waals surface area contributed by atoms with Gasteiger partial charge in [-0.1, -0.05) is 24.3 Å². The van der Waals surface area contributed by atoms with Gasteiger partial charge in [0.15, 0.2) is 29.1 Å². The summed E-state index contributed by atoms with van der Waals surface area (Å²) >= 11 is 12.6. The number of benzene rings is 8. The fourth-order valence-electron chi connectivity index (χ4n) is 14.4. The average Bonchev–Trinajstić information content (AvgIpc) is 1.65. The van der Waals surface area contributed by atoms with E-state index in [0.717, 1.165) is 9.64 Å². The smallest absolute Gasteiger partial charge is 0.336 e. The molecular weight excluding hydrogens is 2540 g/mol. The van der Waals surface area contributed by atoms with Gasteiger partial charge in [0.1, 0.15) is 70.4 Å². The summed E-state index contributed by atoms with van der Waals surface area (Å²) < 4.78 is 169. The number of carbonyl (C=O) groups is 4. The molecule has 4 aromatic heterocycles. The van der Waals surface area contributed by atoms with Gasteiger partial charge in [0, 0.05) is 104 Å². The number of methoxy groups -OCH3 is 1. The van der Waals surface area contributed by atoms with Gasteiger partial charge in [0.2, 0.25) is 10.0 Å². The molecule has 762 valence electrons. The predicted molar refractivity (Wildman–Crippen MR) is 561 cm³/mol. The summed E-state index contributed by atoms with van der Waals surface area (Å²) in [5, 5.41) is 71.8. The van der Waals surface area contributed by atoms with Crippen LogP contribution >= 0.6 is 129 Å². The quantitative estimate of drug-likeness (QED) is 0.00438. The number of aliphatic hydroxyl groups is 7. The number of ether oxygens (including phenoxy) is 1. The molecular formula is C96H92BrF9I5N11O20S. The fourth-order valence-corrected chi connectivity index (χ4v) is 18.8. The molecule has 0 bridgehead atoms. The maximum atomic E-state index is 14.8. The van der Waals surface area contributed by atoms with Gasteiger partial charge in [-0.2, -0.15) is 0 Å². The van der Waals surface area contributed by atoms with Crippen molar-refractivity contribution in [1.82, 2.24) is 34.2 Å². The Kier molecular flexibility index (Phi) is 41.8. The van der Waals surface area contributed by atoms with Crippen LogP contribution in [0.4, 0.5) is 79.6 Å². The zero-order chi connectivity index (χ0) is 105. The summed E-state index contributed by atoms with van der Waals surface area (Å²) in [5.74, 6) is -9.82. The molecule has 4 heterocycles. The van der Waals surface area contributed by atoms with E-state index in [-0.39, 0.29) is 172 Å². The number of nitrogens with zero attached hydrogens (tertiary/aromatic N) is 5. The Bertz CT molecular complexity index is 7170. The molecule has 14 rings (SSSR count). The number of hydroxylamine groups is 2.